The van der Waals surface area contributed by atoms with E-state index in [0.29, 0.717) is 29.8 Å². The van der Waals surface area contributed by atoms with Gasteiger partial charge in [-0.05, 0) is 62.2 Å². The van der Waals surface area contributed by atoms with E-state index in [9.17, 15) is 9.59 Å². The van der Waals surface area contributed by atoms with Crippen LogP contribution >= 0.6 is 11.8 Å². The molecule has 0 aromatic carbocycles. The molecule has 2 nitrogen and oxygen atoms in total. The van der Waals surface area contributed by atoms with Crippen molar-refractivity contribution in [3.8, 4) is 12.3 Å². The molecule has 0 aromatic rings. The van der Waals surface area contributed by atoms with E-state index >= 15 is 0 Å². The molecule has 0 N–H and O–H groups in total. The van der Waals surface area contributed by atoms with Crippen molar-refractivity contribution in [2.24, 2.45) is 22.7 Å². The van der Waals surface area contributed by atoms with Gasteiger partial charge in [-0.3, -0.25) is 9.59 Å². The minimum absolute atomic E-state index is 0.0609. The molecule has 4 aliphatic carbocycles. The zero-order chi connectivity index (χ0) is 18.4. The van der Waals surface area contributed by atoms with Crippen molar-refractivity contribution in [2.75, 3.05) is 11.5 Å². The van der Waals surface area contributed by atoms with Crippen LogP contribution in [0.15, 0.2) is 23.3 Å². The van der Waals surface area contributed by atoms with Gasteiger partial charge in [-0.1, -0.05) is 30.1 Å². The lowest BCUT2D eigenvalue weighted by atomic mass is 9.50. The molecule has 0 aromatic heterocycles. The highest BCUT2D eigenvalue weighted by atomic mass is 32.2. The molecule has 0 radical (unpaired) electrons. The van der Waals surface area contributed by atoms with Crippen LogP contribution in [0.1, 0.15) is 58.3 Å². The third-order valence-electron chi connectivity index (χ3n) is 7.65. The monoisotopic (exact) mass is 368 g/mol. The van der Waals surface area contributed by atoms with E-state index in [1.807, 2.05) is 17.8 Å². The predicted molar refractivity (Wildman–Crippen MR) is 107 cm³/mol. The van der Waals surface area contributed by atoms with Crippen LogP contribution in [0.25, 0.3) is 0 Å². The minimum Gasteiger partial charge on any atom is -0.299 e. The van der Waals surface area contributed by atoms with Gasteiger partial charge in [0.25, 0.3) is 0 Å². The van der Waals surface area contributed by atoms with Crippen molar-refractivity contribution in [3.05, 3.63) is 23.3 Å². The van der Waals surface area contributed by atoms with Crippen molar-refractivity contribution in [1.29, 1.82) is 0 Å². The molecule has 4 atom stereocenters. The van der Waals surface area contributed by atoms with Gasteiger partial charge in [-0.2, -0.15) is 0 Å². The van der Waals surface area contributed by atoms with Crippen LogP contribution in [-0.4, -0.2) is 23.1 Å². The van der Waals surface area contributed by atoms with Crippen LogP contribution < -0.4 is 0 Å². The summed E-state index contributed by atoms with van der Waals surface area (Å²) in [7, 11) is 0. The molecule has 0 aliphatic heterocycles. The summed E-state index contributed by atoms with van der Waals surface area (Å²) in [5, 5.41) is 0. The fraction of sp³-hybridized carbons (Fsp3) is 0.652. The third-order valence-corrected chi connectivity index (χ3v) is 8.52. The van der Waals surface area contributed by atoms with E-state index < -0.39 is 0 Å². The van der Waals surface area contributed by atoms with Crippen LogP contribution in [-0.2, 0) is 9.59 Å². The highest BCUT2D eigenvalue weighted by Gasteiger charge is 2.56. The smallest absolute Gasteiger partial charge is 0.155 e. The molecule has 138 valence electrons. The third kappa shape index (κ3) is 2.64. The number of rotatable bonds is 4. The number of Topliss-reactive ketones (excluding diaryl/α,β-unsaturated/α-hetero) is 1. The van der Waals surface area contributed by atoms with Gasteiger partial charge in [0.15, 0.2) is 5.78 Å². The number of fused-ring (bicyclic) bond motifs is 5. The first-order valence-electron chi connectivity index (χ1n) is 10.0. The lowest BCUT2D eigenvalue weighted by molar-refractivity contribution is -0.127. The van der Waals surface area contributed by atoms with Gasteiger partial charge in [0, 0.05) is 23.7 Å². The number of hydrogen-bond acceptors (Lipinski definition) is 3. The summed E-state index contributed by atoms with van der Waals surface area (Å²) in [5.74, 6) is 6.32. The van der Waals surface area contributed by atoms with Crippen molar-refractivity contribution in [1.82, 2.24) is 0 Å². The summed E-state index contributed by atoms with van der Waals surface area (Å²) in [5.41, 5.74) is 2.86. The average molecular weight is 369 g/mol. The second-order valence-corrected chi connectivity index (χ2v) is 9.82. The van der Waals surface area contributed by atoms with E-state index in [1.165, 1.54) is 5.57 Å². The molecule has 0 bridgehead atoms. The molecule has 2 saturated carbocycles. The van der Waals surface area contributed by atoms with E-state index in [1.54, 1.807) is 5.57 Å². The summed E-state index contributed by atoms with van der Waals surface area (Å²) in [6, 6.07) is 0. The predicted octanol–water partition coefficient (Wildman–Crippen LogP) is 4.74. The van der Waals surface area contributed by atoms with Crippen LogP contribution in [0, 0.1) is 35.0 Å². The zero-order valence-corrected chi connectivity index (χ0v) is 16.5. The van der Waals surface area contributed by atoms with Gasteiger partial charge < -0.3 is 0 Å². The lowest BCUT2D eigenvalue weighted by Gasteiger charge is -2.53. The topological polar surface area (TPSA) is 34.1 Å². The van der Waals surface area contributed by atoms with Gasteiger partial charge in [0.1, 0.15) is 5.78 Å². The Labute approximate surface area is 161 Å². The molecule has 2 fully saturated rings. The molecule has 26 heavy (non-hydrogen) atoms. The molecule has 0 amide bonds. The van der Waals surface area contributed by atoms with Crippen molar-refractivity contribution in [3.63, 3.8) is 0 Å². The summed E-state index contributed by atoms with van der Waals surface area (Å²) in [4.78, 5) is 24.6. The van der Waals surface area contributed by atoms with Crippen LogP contribution in [0.3, 0.4) is 0 Å². The number of carbonyl (C=O) groups excluding carboxylic acids is 2. The highest BCUT2D eigenvalue weighted by molar-refractivity contribution is 7.99. The molecule has 4 aliphatic rings. The largest absolute Gasteiger partial charge is 0.299 e. The Morgan fingerprint density at radius 2 is 2.12 bits per heavy atom. The van der Waals surface area contributed by atoms with Gasteiger partial charge in [0.2, 0.25) is 0 Å². The Morgan fingerprint density at radius 1 is 1.27 bits per heavy atom. The standard InChI is InChI=1S/C23H28O2S/c1-3-13-26-14-12-23-11-8-17(24)15-16(23)4-5-18-19-6-7-21(25)22(19,2)10-9-20(18)23/h1,9,15,18-19H,4-8,10-14H2,2H3/t18-,19-,22-,23+/m0/s1. The molecular formula is C23H28O2S. The Hall–Kier alpha value is -1.27. The molecule has 0 unspecified atom stereocenters. The van der Waals surface area contributed by atoms with Crippen LogP contribution in [0.4, 0.5) is 0 Å². The Morgan fingerprint density at radius 3 is 2.92 bits per heavy atom. The second-order valence-electron chi connectivity index (χ2n) is 8.72. The van der Waals surface area contributed by atoms with Crippen molar-refractivity contribution >= 4 is 23.3 Å². The van der Waals surface area contributed by atoms with Crippen LogP contribution in [0.2, 0.25) is 0 Å². The first kappa shape index (κ1) is 18.1. The number of carbonyl (C=O) groups is 2. The van der Waals surface area contributed by atoms with Crippen molar-refractivity contribution in [2.45, 2.75) is 58.3 Å². The van der Waals surface area contributed by atoms with E-state index in [0.717, 1.165) is 56.5 Å². The lowest BCUT2D eigenvalue weighted by Crippen LogP contribution is -2.46. The van der Waals surface area contributed by atoms with E-state index in [-0.39, 0.29) is 10.8 Å². The van der Waals surface area contributed by atoms with Gasteiger partial charge in [0.05, 0.1) is 5.75 Å². The maximum Gasteiger partial charge on any atom is 0.155 e. The van der Waals surface area contributed by atoms with Crippen LogP contribution in [0.5, 0.6) is 0 Å². The maximum absolute atomic E-state index is 12.5. The molecule has 3 heteroatoms. The quantitative estimate of drug-likeness (QED) is 0.408. The van der Waals surface area contributed by atoms with Gasteiger partial charge in [-0.25, -0.2) is 0 Å². The molecule has 0 heterocycles. The number of terminal acetylenes is 1. The minimum atomic E-state index is -0.140. The molecular weight excluding hydrogens is 340 g/mol. The van der Waals surface area contributed by atoms with E-state index in [2.05, 4.69) is 18.9 Å². The average Bonchev–Trinajstić information content (AvgIpc) is 2.94. The normalized spacial score (nSPS) is 38.6. The van der Waals surface area contributed by atoms with Gasteiger partial charge in [-0.15, -0.1) is 18.2 Å². The first-order chi connectivity index (χ1) is 12.5. The fourth-order valence-corrected chi connectivity index (χ4v) is 7.02. The fourth-order valence-electron chi connectivity index (χ4n) is 6.27. The summed E-state index contributed by atoms with van der Waals surface area (Å²) >= 11 is 1.83. The number of thioether (sulfide) groups is 1. The Kier molecular flexibility index (Phi) is 4.68. The zero-order valence-electron chi connectivity index (χ0n) is 15.7. The second kappa shape index (κ2) is 6.71. The van der Waals surface area contributed by atoms with Gasteiger partial charge >= 0.3 is 0 Å². The molecule has 0 saturated heterocycles. The number of ketones is 2. The molecule has 4 rings (SSSR count). The summed E-state index contributed by atoms with van der Waals surface area (Å²) < 4.78 is 0. The first-order valence-corrected chi connectivity index (χ1v) is 11.2. The summed E-state index contributed by atoms with van der Waals surface area (Å²) in [6.45, 7) is 2.20. The SMILES string of the molecule is C#CCSCC[C@]12CCC(=O)C=C1CC[C@@H]1C2=CC[C@]2(C)C(=O)CC[C@@H]12. The highest BCUT2D eigenvalue weighted by Crippen LogP contribution is 2.63. The Balaban J connectivity index is 1.70. The Bertz CT molecular complexity index is 740. The summed E-state index contributed by atoms with van der Waals surface area (Å²) in [6.07, 6.45) is 17.3. The van der Waals surface area contributed by atoms with E-state index in [4.69, 9.17) is 6.42 Å². The maximum atomic E-state index is 12.5. The number of allylic oxidation sites excluding steroid dienone is 4. The molecule has 0 spiro atoms. The number of hydrogen-bond donors (Lipinski definition) is 0. The van der Waals surface area contributed by atoms with Crippen molar-refractivity contribution < 1.29 is 9.59 Å².